The zero-order valence-electron chi connectivity index (χ0n) is 8.24. The zero-order chi connectivity index (χ0) is 9.97. The average molecular weight is 232 g/mol. The predicted molar refractivity (Wildman–Crippen MR) is 58.6 cm³/mol. The Morgan fingerprint density at radius 2 is 2.43 bits per heavy atom. The van der Waals surface area contributed by atoms with E-state index in [1.165, 1.54) is 37.3 Å². The molecule has 0 radical (unpaired) electrons. The van der Waals surface area contributed by atoms with Gasteiger partial charge in [-0.1, -0.05) is 18.3 Å². The largest absolute Gasteiger partial charge is 0.296 e. The molecule has 3 nitrogen and oxygen atoms in total. The first-order valence-electron chi connectivity index (χ1n) is 4.94. The molecular formula is C9H14ClN3S. The minimum absolute atomic E-state index is 0.546. The van der Waals surface area contributed by atoms with Crippen LogP contribution in [0.3, 0.4) is 0 Å². The summed E-state index contributed by atoms with van der Waals surface area (Å²) in [6.07, 6.45) is 2.65. The molecule has 0 amide bonds. The van der Waals surface area contributed by atoms with Crippen molar-refractivity contribution in [1.29, 1.82) is 0 Å². The summed E-state index contributed by atoms with van der Waals surface area (Å²) < 4.78 is 0.546. The van der Waals surface area contributed by atoms with E-state index in [0.717, 1.165) is 17.5 Å². The van der Waals surface area contributed by atoms with Gasteiger partial charge in [-0.2, -0.15) is 0 Å². The van der Waals surface area contributed by atoms with Crippen molar-refractivity contribution >= 4 is 22.9 Å². The van der Waals surface area contributed by atoms with Crippen molar-refractivity contribution in [3.8, 4) is 0 Å². The fourth-order valence-electron chi connectivity index (χ4n) is 1.92. The molecule has 0 bridgehead atoms. The van der Waals surface area contributed by atoms with Gasteiger partial charge in [0.2, 0.25) is 4.47 Å². The number of hydrogen-bond acceptors (Lipinski definition) is 4. The molecule has 2 rings (SSSR count). The molecule has 0 aliphatic carbocycles. The summed E-state index contributed by atoms with van der Waals surface area (Å²) in [6, 6.07) is 0. The maximum atomic E-state index is 5.73. The van der Waals surface area contributed by atoms with Crippen molar-refractivity contribution in [2.45, 2.75) is 26.3 Å². The highest BCUT2D eigenvalue weighted by Gasteiger charge is 2.17. The van der Waals surface area contributed by atoms with Gasteiger partial charge in [-0.25, -0.2) is 0 Å². The SMILES string of the molecule is CC1CCCN(Cc2nnc(Cl)s2)C1. The standard InChI is InChI=1S/C9H14ClN3S/c1-7-3-2-4-13(5-7)6-8-11-12-9(10)14-8/h7H,2-6H2,1H3. The maximum absolute atomic E-state index is 5.73. The third kappa shape index (κ3) is 2.65. The van der Waals surface area contributed by atoms with Gasteiger partial charge in [0.1, 0.15) is 5.01 Å². The van der Waals surface area contributed by atoms with E-state index < -0.39 is 0 Å². The lowest BCUT2D eigenvalue weighted by Gasteiger charge is -2.29. The van der Waals surface area contributed by atoms with Gasteiger partial charge in [0.05, 0.1) is 6.54 Å². The smallest absolute Gasteiger partial charge is 0.207 e. The molecule has 1 aliphatic heterocycles. The average Bonchev–Trinajstić information content (AvgIpc) is 2.51. The zero-order valence-corrected chi connectivity index (χ0v) is 9.81. The molecule has 0 N–H and O–H groups in total. The van der Waals surface area contributed by atoms with Crippen LogP contribution in [-0.4, -0.2) is 28.2 Å². The molecule has 1 saturated heterocycles. The normalized spacial score (nSPS) is 24.0. The van der Waals surface area contributed by atoms with Crippen molar-refractivity contribution < 1.29 is 0 Å². The Labute approximate surface area is 93.1 Å². The van der Waals surface area contributed by atoms with E-state index in [2.05, 4.69) is 22.0 Å². The Morgan fingerprint density at radius 1 is 1.57 bits per heavy atom. The molecule has 0 aromatic carbocycles. The molecule has 1 atom stereocenters. The third-order valence-corrected chi connectivity index (χ3v) is 3.55. The molecule has 14 heavy (non-hydrogen) atoms. The van der Waals surface area contributed by atoms with Gasteiger partial charge < -0.3 is 0 Å². The molecule has 2 heterocycles. The fourth-order valence-corrected chi connectivity index (χ4v) is 2.83. The second-order valence-corrected chi connectivity index (χ2v) is 5.58. The number of rotatable bonds is 2. The van der Waals surface area contributed by atoms with E-state index in [0.29, 0.717) is 4.47 Å². The first kappa shape index (κ1) is 10.3. The van der Waals surface area contributed by atoms with E-state index in [1.54, 1.807) is 0 Å². The molecule has 5 heteroatoms. The van der Waals surface area contributed by atoms with Crippen LogP contribution in [0.25, 0.3) is 0 Å². The molecule has 0 spiro atoms. The number of aromatic nitrogens is 2. The molecule has 1 fully saturated rings. The Bertz CT molecular complexity index is 302. The highest BCUT2D eigenvalue weighted by Crippen LogP contribution is 2.20. The highest BCUT2D eigenvalue weighted by atomic mass is 35.5. The number of halogens is 1. The summed E-state index contributed by atoms with van der Waals surface area (Å²) in [7, 11) is 0. The van der Waals surface area contributed by atoms with Crippen LogP contribution in [0.4, 0.5) is 0 Å². The van der Waals surface area contributed by atoms with E-state index in [-0.39, 0.29) is 0 Å². The summed E-state index contributed by atoms with van der Waals surface area (Å²) in [5, 5.41) is 8.87. The van der Waals surface area contributed by atoms with Crippen molar-refractivity contribution in [2.75, 3.05) is 13.1 Å². The summed E-state index contributed by atoms with van der Waals surface area (Å²) >= 11 is 7.22. The van der Waals surface area contributed by atoms with E-state index >= 15 is 0 Å². The van der Waals surface area contributed by atoms with Crippen LogP contribution in [0.1, 0.15) is 24.8 Å². The molecule has 78 valence electrons. The molecule has 1 aromatic rings. The number of piperidine rings is 1. The van der Waals surface area contributed by atoms with Gasteiger partial charge in [-0.15, -0.1) is 10.2 Å². The fraction of sp³-hybridized carbons (Fsp3) is 0.778. The monoisotopic (exact) mass is 231 g/mol. The van der Waals surface area contributed by atoms with Crippen molar-refractivity contribution in [2.24, 2.45) is 5.92 Å². The Kier molecular flexibility index (Phi) is 3.36. The van der Waals surface area contributed by atoms with Gasteiger partial charge >= 0.3 is 0 Å². The number of nitrogens with zero attached hydrogens (tertiary/aromatic N) is 3. The van der Waals surface area contributed by atoms with Crippen LogP contribution in [0.5, 0.6) is 0 Å². The highest BCUT2D eigenvalue weighted by molar-refractivity contribution is 7.15. The van der Waals surface area contributed by atoms with Crippen molar-refractivity contribution in [1.82, 2.24) is 15.1 Å². The maximum Gasteiger partial charge on any atom is 0.207 e. The van der Waals surface area contributed by atoms with Crippen molar-refractivity contribution in [3.05, 3.63) is 9.47 Å². The van der Waals surface area contributed by atoms with Crippen LogP contribution in [-0.2, 0) is 6.54 Å². The van der Waals surface area contributed by atoms with Gasteiger partial charge in [0.15, 0.2) is 0 Å². The van der Waals surface area contributed by atoms with Gasteiger partial charge in [-0.3, -0.25) is 4.90 Å². The number of hydrogen-bond donors (Lipinski definition) is 0. The lowest BCUT2D eigenvalue weighted by atomic mass is 10.0. The summed E-state index contributed by atoms with van der Waals surface area (Å²) in [6.45, 7) is 5.58. The predicted octanol–water partition coefficient (Wildman–Crippen LogP) is 2.42. The van der Waals surface area contributed by atoms with Crippen LogP contribution < -0.4 is 0 Å². The van der Waals surface area contributed by atoms with Gasteiger partial charge in [-0.05, 0) is 36.9 Å². The topological polar surface area (TPSA) is 29.0 Å². The Morgan fingerprint density at radius 3 is 3.07 bits per heavy atom. The first-order chi connectivity index (χ1) is 6.74. The second kappa shape index (κ2) is 4.55. The van der Waals surface area contributed by atoms with Gasteiger partial charge in [0.25, 0.3) is 0 Å². The van der Waals surface area contributed by atoms with Crippen LogP contribution in [0.15, 0.2) is 0 Å². The minimum Gasteiger partial charge on any atom is -0.296 e. The van der Waals surface area contributed by atoms with Crippen LogP contribution in [0.2, 0.25) is 4.47 Å². The summed E-state index contributed by atoms with van der Waals surface area (Å²) in [4.78, 5) is 2.44. The van der Waals surface area contributed by atoms with Gasteiger partial charge in [0, 0.05) is 6.54 Å². The van der Waals surface area contributed by atoms with Crippen LogP contribution in [0, 0.1) is 5.92 Å². The lowest BCUT2D eigenvalue weighted by Crippen LogP contribution is -2.33. The minimum atomic E-state index is 0.546. The molecule has 1 aromatic heterocycles. The Hall–Kier alpha value is -0.190. The van der Waals surface area contributed by atoms with Crippen molar-refractivity contribution in [3.63, 3.8) is 0 Å². The quantitative estimate of drug-likeness (QED) is 0.783. The van der Waals surface area contributed by atoms with E-state index in [9.17, 15) is 0 Å². The second-order valence-electron chi connectivity index (χ2n) is 3.93. The lowest BCUT2D eigenvalue weighted by molar-refractivity contribution is 0.176. The Balaban J connectivity index is 1.90. The molecule has 0 saturated carbocycles. The summed E-state index contributed by atoms with van der Waals surface area (Å²) in [5.41, 5.74) is 0. The first-order valence-corrected chi connectivity index (χ1v) is 6.13. The number of likely N-dealkylation sites (tertiary alicyclic amines) is 1. The molecular weight excluding hydrogens is 218 g/mol. The third-order valence-electron chi connectivity index (χ3n) is 2.54. The molecule has 1 aliphatic rings. The molecule has 1 unspecified atom stereocenters. The van der Waals surface area contributed by atoms with Crippen LogP contribution >= 0.6 is 22.9 Å². The summed E-state index contributed by atoms with van der Waals surface area (Å²) in [5.74, 6) is 0.812. The van der Waals surface area contributed by atoms with E-state index in [1.807, 2.05) is 0 Å². The van der Waals surface area contributed by atoms with E-state index in [4.69, 9.17) is 11.6 Å².